The molecule has 0 aliphatic heterocycles. The fraction of sp³-hybridized carbons (Fsp3) is 0.250. The smallest absolute Gasteiger partial charge is 0.280 e. The summed E-state index contributed by atoms with van der Waals surface area (Å²) in [6.45, 7) is 1.63. The van der Waals surface area contributed by atoms with Crippen molar-refractivity contribution in [1.29, 1.82) is 5.41 Å². The van der Waals surface area contributed by atoms with Gasteiger partial charge in [0, 0.05) is 7.05 Å². The molecule has 8 heteroatoms. The van der Waals surface area contributed by atoms with Crippen molar-refractivity contribution in [1.82, 2.24) is 20.6 Å². The summed E-state index contributed by atoms with van der Waals surface area (Å²) in [6, 6.07) is 0. The Labute approximate surface area is 96.9 Å². The first-order valence-corrected chi connectivity index (χ1v) is 4.70. The molecule has 0 bridgehead atoms. The van der Waals surface area contributed by atoms with Crippen molar-refractivity contribution in [2.24, 2.45) is 0 Å². The van der Waals surface area contributed by atoms with Gasteiger partial charge in [0.25, 0.3) is 5.91 Å². The lowest BCUT2D eigenvalue weighted by atomic mass is 10.3. The topological polar surface area (TPSA) is 117 Å². The number of aromatic nitrogens is 2. The molecule has 0 atom stereocenters. The molecule has 1 aromatic heterocycles. The van der Waals surface area contributed by atoms with Gasteiger partial charge in [0.2, 0.25) is 0 Å². The predicted octanol–water partition coefficient (Wildman–Crippen LogP) is -0.0954. The first-order valence-electron chi connectivity index (χ1n) is 4.33. The van der Waals surface area contributed by atoms with Crippen LogP contribution < -0.4 is 16.4 Å². The number of nitrogen functional groups attached to an aromatic ring is 1. The van der Waals surface area contributed by atoms with E-state index in [4.69, 9.17) is 22.7 Å². The van der Waals surface area contributed by atoms with Crippen molar-refractivity contribution in [2.45, 2.75) is 6.92 Å². The minimum Gasteiger partial charge on any atom is -0.382 e. The zero-order valence-electron chi connectivity index (χ0n) is 8.76. The van der Waals surface area contributed by atoms with Gasteiger partial charge in [-0.2, -0.15) is 0 Å². The van der Waals surface area contributed by atoms with Gasteiger partial charge in [-0.1, -0.05) is 11.6 Å². The second-order valence-electron chi connectivity index (χ2n) is 2.91. The second-order valence-corrected chi connectivity index (χ2v) is 3.27. The molecule has 1 heterocycles. The lowest BCUT2D eigenvalue weighted by molar-refractivity contribution is 0.0971. The molecule has 0 aliphatic rings. The van der Waals surface area contributed by atoms with Crippen LogP contribution in [0.5, 0.6) is 0 Å². The molecule has 0 fully saturated rings. The Hall–Kier alpha value is -1.89. The van der Waals surface area contributed by atoms with Gasteiger partial charge in [-0.3, -0.25) is 15.5 Å². The van der Waals surface area contributed by atoms with Gasteiger partial charge < -0.3 is 11.1 Å². The third-order valence-corrected chi connectivity index (χ3v) is 2.10. The van der Waals surface area contributed by atoms with E-state index in [9.17, 15) is 4.79 Å². The number of nitrogens with two attached hydrogens (primary N) is 1. The fourth-order valence-corrected chi connectivity index (χ4v) is 1.05. The SMILES string of the molecule is CNC(=N)NC(=O)c1nc(Cl)c(C)nc1N. The number of amides is 1. The van der Waals surface area contributed by atoms with E-state index in [0.29, 0.717) is 5.69 Å². The van der Waals surface area contributed by atoms with Crippen molar-refractivity contribution in [3.63, 3.8) is 0 Å². The average Bonchev–Trinajstić information content (AvgIpc) is 2.23. The Balaban J connectivity index is 3.00. The minimum absolute atomic E-state index is 0.0247. The molecule has 0 saturated heterocycles. The van der Waals surface area contributed by atoms with E-state index in [-0.39, 0.29) is 22.6 Å². The van der Waals surface area contributed by atoms with Crippen molar-refractivity contribution < 1.29 is 4.79 Å². The molecule has 86 valence electrons. The largest absolute Gasteiger partial charge is 0.382 e. The summed E-state index contributed by atoms with van der Waals surface area (Å²) in [5.41, 5.74) is 5.87. The zero-order chi connectivity index (χ0) is 12.3. The summed E-state index contributed by atoms with van der Waals surface area (Å²) < 4.78 is 0. The van der Waals surface area contributed by atoms with Crippen LogP contribution in [-0.2, 0) is 0 Å². The molecular weight excluding hydrogens is 232 g/mol. The Morgan fingerprint density at radius 1 is 1.50 bits per heavy atom. The van der Waals surface area contributed by atoms with Crippen LogP contribution in [0, 0.1) is 12.3 Å². The summed E-state index contributed by atoms with van der Waals surface area (Å²) in [4.78, 5) is 19.2. The third-order valence-electron chi connectivity index (χ3n) is 1.74. The van der Waals surface area contributed by atoms with Gasteiger partial charge in [0.05, 0.1) is 5.69 Å². The molecule has 5 N–H and O–H groups in total. The monoisotopic (exact) mass is 242 g/mol. The molecule has 1 aromatic rings. The van der Waals surface area contributed by atoms with E-state index >= 15 is 0 Å². The number of hydrogen-bond acceptors (Lipinski definition) is 5. The molecule has 7 nitrogen and oxygen atoms in total. The molecule has 0 aliphatic carbocycles. The van der Waals surface area contributed by atoms with Gasteiger partial charge in [-0.15, -0.1) is 0 Å². The average molecular weight is 243 g/mol. The number of aryl methyl sites for hydroxylation is 1. The van der Waals surface area contributed by atoms with E-state index in [2.05, 4.69) is 20.6 Å². The zero-order valence-corrected chi connectivity index (χ0v) is 9.51. The van der Waals surface area contributed by atoms with Crippen LogP contribution in [0.1, 0.15) is 16.2 Å². The van der Waals surface area contributed by atoms with Gasteiger partial charge in [-0.05, 0) is 6.92 Å². The van der Waals surface area contributed by atoms with E-state index in [1.165, 1.54) is 7.05 Å². The lowest BCUT2D eigenvalue weighted by Gasteiger charge is -2.07. The number of nitrogens with zero attached hydrogens (tertiary/aromatic N) is 2. The lowest BCUT2D eigenvalue weighted by Crippen LogP contribution is -2.38. The summed E-state index contributed by atoms with van der Waals surface area (Å²) in [5.74, 6) is -0.822. The van der Waals surface area contributed by atoms with Crippen LogP contribution in [0.4, 0.5) is 5.82 Å². The number of halogens is 1. The van der Waals surface area contributed by atoms with E-state index in [1.54, 1.807) is 6.92 Å². The number of carbonyl (C=O) groups excluding carboxylic acids is 1. The van der Waals surface area contributed by atoms with Crippen LogP contribution in [0.15, 0.2) is 0 Å². The van der Waals surface area contributed by atoms with Gasteiger partial charge in [0.15, 0.2) is 22.6 Å². The van der Waals surface area contributed by atoms with E-state index in [0.717, 1.165) is 0 Å². The van der Waals surface area contributed by atoms with Gasteiger partial charge >= 0.3 is 0 Å². The first kappa shape index (κ1) is 12.2. The summed E-state index contributed by atoms with van der Waals surface area (Å²) in [6.07, 6.45) is 0. The number of nitrogens with one attached hydrogen (secondary N) is 3. The summed E-state index contributed by atoms with van der Waals surface area (Å²) in [7, 11) is 1.50. The van der Waals surface area contributed by atoms with Crippen LogP contribution in [0.25, 0.3) is 0 Å². The Morgan fingerprint density at radius 3 is 2.69 bits per heavy atom. The van der Waals surface area contributed by atoms with Crippen molar-refractivity contribution in [3.05, 3.63) is 16.5 Å². The molecule has 1 amide bonds. The van der Waals surface area contributed by atoms with Gasteiger partial charge in [0.1, 0.15) is 0 Å². The van der Waals surface area contributed by atoms with E-state index in [1.807, 2.05) is 0 Å². The number of anilines is 1. The number of hydrogen-bond donors (Lipinski definition) is 4. The first-order chi connectivity index (χ1) is 7.45. The quantitative estimate of drug-likeness (QED) is 0.405. The summed E-state index contributed by atoms with van der Waals surface area (Å²) in [5, 5.41) is 12.0. The van der Waals surface area contributed by atoms with Crippen LogP contribution >= 0.6 is 11.6 Å². The predicted molar refractivity (Wildman–Crippen MR) is 60.4 cm³/mol. The highest BCUT2D eigenvalue weighted by atomic mass is 35.5. The molecule has 0 aromatic carbocycles. The molecule has 16 heavy (non-hydrogen) atoms. The Morgan fingerprint density at radius 2 is 2.12 bits per heavy atom. The molecule has 0 radical (unpaired) electrons. The number of guanidine groups is 1. The van der Waals surface area contributed by atoms with E-state index < -0.39 is 5.91 Å². The van der Waals surface area contributed by atoms with Crippen LogP contribution in [0.2, 0.25) is 5.15 Å². The maximum Gasteiger partial charge on any atom is 0.280 e. The fourth-order valence-electron chi connectivity index (χ4n) is 0.918. The third kappa shape index (κ3) is 2.57. The van der Waals surface area contributed by atoms with Crippen LogP contribution in [-0.4, -0.2) is 28.9 Å². The highest BCUT2D eigenvalue weighted by Gasteiger charge is 2.16. The van der Waals surface area contributed by atoms with Crippen molar-refractivity contribution in [3.8, 4) is 0 Å². The molecule has 0 spiro atoms. The molecule has 0 saturated carbocycles. The van der Waals surface area contributed by atoms with Gasteiger partial charge in [-0.25, -0.2) is 9.97 Å². The Bertz CT molecular complexity index is 446. The maximum atomic E-state index is 11.6. The highest BCUT2D eigenvalue weighted by molar-refractivity contribution is 6.30. The highest BCUT2D eigenvalue weighted by Crippen LogP contribution is 2.14. The summed E-state index contributed by atoms with van der Waals surface area (Å²) >= 11 is 5.72. The van der Waals surface area contributed by atoms with Crippen molar-refractivity contribution >= 4 is 29.3 Å². The van der Waals surface area contributed by atoms with Crippen molar-refractivity contribution in [2.75, 3.05) is 12.8 Å². The van der Waals surface area contributed by atoms with Crippen LogP contribution in [0.3, 0.4) is 0 Å². The normalized spacial score (nSPS) is 9.69. The second kappa shape index (κ2) is 4.75. The Kier molecular flexibility index (Phi) is 3.62. The number of rotatable bonds is 1. The molecule has 0 unspecified atom stereocenters. The standard InChI is InChI=1S/C8H11ClN6O/c1-3-5(9)14-4(6(10)13-3)7(16)15-8(11)12-2/h1-2H3,(H2,10,13)(H3,11,12,15,16). The number of carbonyl (C=O) groups is 1. The molecular formula is C8H11ClN6O. The molecule has 1 rings (SSSR count). The maximum absolute atomic E-state index is 11.6. The minimum atomic E-state index is -0.633.